The van der Waals surface area contributed by atoms with Crippen LogP contribution in [0.3, 0.4) is 0 Å². The molecule has 140 valence electrons. The molecule has 1 aliphatic heterocycles. The number of nitrogen functional groups attached to an aromatic ring is 1. The van der Waals surface area contributed by atoms with Crippen LogP contribution in [-0.2, 0) is 24.5 Å². The Morgan fingerprint density at radius 2 is 2.20 bits per heavy atom. The van der Waals surface area contributed by atoms with Crippen LogP contribution in [0.1, 0.15) is 0 Å². The molecule has 2 aromatic rings. The fraction of sp³-hybridized carbons (Fsp3) is 0.545. The zero-order valence-electron chi connectivity index (χ0n) is 13.2. The second-order valence-electron chi connectivity index (χ2n) is 5.09. The summed E-state index contributed by atoms with van der Waals surface area (Å²) in [7, 11) is -3.03. The fourth-order valence-electron chi connectivity index (χ4n) is 2.34. The zero-order valence-corrected chi connectivity index (χ0v) is 14.1. The molecule has 3 rings (SSSR count). The Hall–Kier alpha value is -1.70. The molecule has 1 saturated heterocycles. The number of ether oxygens (including phenoxy) is 2. The number of aliphatic hydroxyl groups excluding tert-OH is 2. The van der Waals surface area contributed by atoms with Crippen LogP contribution in [0, 0.1) is 0 Å². The van der Waals surface area contributed by atoms with E-state index in [0.29, 0.717) is 0 Å². The number of nitrogens with two attached hydrogens (primary N) is 1. The van der Waals surface area contributed by atoms with Gasteiger partial charge < -0.3 is 41.0 Å². The molecular weight excluding hydrogens is 359 g/mol. The highest BCUT2D eigenvalue weighted by molar-refractivity contribution is 7.52. The minimum atomic E-state index is -4.07. The molecule has 25 heavy (non-hydrogen) atoms. The summed E-state index contributed by atoms with van der Waals surface area (Å²) in [6.07, 6.45) is -1.28. The lowest BCUT2D eigenvalue weighted by molar-refractivity contribution is -0.296. The third-order valence-electron chi connectivity index (χ3n) is 3.62. The van der Waals surface area contributed by atoms with Gasteiger partial charge in [-0.15, -0.1) is 0 Å². The van der Waals surface area contributed by atoms with E-state index in [1.807, 2.05) is 0 Å². The molecule has 8 N–H and O–H groups in total. The number of anilines is 1. The maximum Gasteiger partial charge on any atom is 0.353 e. The van der Waals surface area contributed by atoms with Gasteiger partial charge in [-0.1, -0.05) is 0 Å². The predicted molar refractivity (Wildman–Crippen MR) is 83.5 cm³/mol. The summed E-state index contributed by atoms with van der Waals surface area (Å²) in [6, 6.07) is 0. The number of hydrogen-bond acceptors (Lipinski definition) is 11. The number of imidazole rings is 1. The Balaban J connectivity index is 0.00000225. The molecule has 4 atom stereocenters. The molecule has 14 heteroatoms. The largest absolute Gasteiger partial charge is 0.388 e. The second-order valence-corrected chi connectivity index (χ2v) is 6.99. The molecule has 1 fully saturated rings. The van der Waals surface area contributed by atoms with E-state index in [2.05, 4.69) is 19.5 Å². The van der Waals surface area contributed by atoms with Gasteiger partial charge in [0.25, 0.3) is 5.91 Å². The number of nitrogens with zero attached hydrogens (tertiary/aromatic N) is 4. The van der Waals surface area contributed by atoms with Crippen LogP contribution in [0.2, 0.25) is 0 Å². The van der Waals surface area contributed by atoms with E-state index in [0.717, 1.165) is 7.11 Å². The summed E-state index contributed by atoms with van der Waals surface area (Å²) >= 11 is 0. The molecule has 1 unspecified atom stereocenters. The minimum Gasteiger partial charge on any atom is -0.388 e. The molecule has 0 spiro atoms. The minimum absolute atomic E-state index is 0. The zero-order chi connectivity index (χ0) is 17.5. The van der Waals surface area contributed by atoms with E-state index < -0.39 is 32.1 Å². The summed E-state index contributed by atoms with van der Waals surface area (Å²) < 4.78 is 28.1. The smallest absolute Gasteiger partial charge is 0.353 e. The Labute approximate surface area is 141 Å². The number of hydrogen-bond donors (Lipinski definition) is 5. The summed E-state index contributed by atoms with van der Waals surface area (Å²) in [5.41, 5.74) is 6.09. The predicted octanol–water partition coefficient (Wildman–Crippen LogP) is -1.26. The molecule has 13 nitrogen and oxygen atoms in total. The average Bonchev–Trinajstić information content (AvgIpc) is 3.11. The molecule has 3 heterocycles. The van der Waals surface area contributed by atoms with Crippen molar-refractivity contribution in [2.45, 2.75) is 18.1 Å². The van der Waals surface area contributed by atoms with Crippen LogP contribution < -0.4 is 11.9 Å². The van der Waals surface area contributed by atoms with Crippen LogP contribution in [0.5, 0.6) is 0 Å². The van der Waals surface area contributed by atoms with Gasteiger partial charge in [0.1, 0.15) is 24.3 Å². The third-order valence-corrected chi connectivity index (χ3v) is 4.64. The highest BCUT2D eigenvalue weighted by atomic mass is 31.2. The molecule has 0 saturated carbocycles. The van der Waals surface area contributed by atoms with E-state index >= 15 is 0 Å². The van der Waals surface area contributed by atoms with Gasteiger partial charge in [-0.25, -0.2) is 15.0 Å². The van der Waals surface area contributed by atoms with Crippen molar-refractivity contribution in [3.05, 3.63) is 12.7 Å². The van der Waals surface area contributed by atoms with Crippen molar-refractivity contribution in [3.8, 4) is 0 Å². The quantitative estimate of drug-likeness (QED) is 0.386. The van der Waals surface area contributed by atoms with Crippen LogP contribution in [0.25, 0.3) is 11.2 Å². The first-order chi connectivity index (χ1) is 11.3. The van der Waals surface area contributed by atoms with E-state index in [4.69, 9.17) is 15.2 Å². The number of aliphatic hydroxyl groups is 2. The summed E-state index contributed by atoms with van der Waals surface area (Å²) in [5, 5.41) is 20.2. The number of aromatic nitrogens is 4. The molecule has 0 amide bonds. The lowest BCUT2D eigenvalue weighted by Crippen LogP contribution is -2.48. The van der Waals surface area contributed by atoms with Crippen LogP contribution >= 0.6 is 7.60 Å². The summed E-state index contributed by atoms with van der Waals surface area (Å²) in [5.74, 6) is -1.93. The molecule has 1 aliphatic rings. The summed E-state index contributed by atoms with van der Waals surface area (Å²) in [6.45, 7) is -0.274. The highest BCUT2D eigenvalue weighted by Gasteiger charge is 2.54. The van der Waals surface area contributed by atoms with Crippen molar-refractivity contribution in [3.63, 3.8) is 0 Å². The highest BCUT2D eigenvalue weighted by Crippen LogP contribution is 2.45. The first kappa shape index (κ1) is 19.6. The first-order valence-corrected chi connectivity index (χ1v) is 8.52. The van der Waals surface area contributed by atoms with Gasteiger partial charge in [0, 0.05) is 7.11 Å². The van der Waals surface area contributed by atoms with Crippen molar-refractivity contribution < 1.29 is 33.7 Å². The molecular formula is C11H19N6O7P. The Morgan fingerprint density at radius 1 is 1.48 bits per heavy atom. The Bertz CT molecular complexity index is 802. The van der Waals surface area contributed by atoms with E-state index in [1.54, 1.807) is 0 Å². The van der Waals surface area contributed by atoms with E-state index in [1.165, 1.54) is 17.2 Å². The topological polar surface area (TPSA) is 210 Å². The second kappa shape index (κ2) is 6.90. The van der Waals surface area contributed by atoms with Gasteiger partial charge in [-0.05, 0) is 0 Å². The van der Waals surface area contributed by atoms with Gasteiger partial charge in [0.15, 0.2) is 23.9 Å². The molecule has 2 aromatic heterocycles. The van der Waals surface area contributed by atoms with Crippen LogP contribution in [-0.4, -0.2) is 66.9 Å². The van der Waals surface area contributed by atoms with Crippen molar-refractivity contribution in [2.75, 3.05) is 25.8 Å². The standard InChI is InChI=1S/C11H16N5O7P.H3N/c1-21-24(19,20)5-23-11(8(18)6(17)2-22-11)16-4-15-7-9(12)13-3-14-10(7)16;/h3-4,6,8,17-18H,2,5H2,1H3,(H,19,20)(H2,12,13,14);1H3/t6-,8-,11+;/m1./s1. The van der Waals surface area contributed by atoms with Gasteiger partial charge in [-0.3, -0.25) is 9.13 Å². The molecule has 0 aromatic carbocycles. The maximum absolute atomic E-state index is 11.7. The monoisotopic (exact) mass is 378 g/mol. The Morgan fingerprint density at radius 3 is 2.80 bits per heavy atom. The van der Waals surface area contributed by atoms with Crippen molar-refractivity contribution in [1.29, 1.82) is 0 Å². The van der Waals surface area contributed by atoms with Crippen molar-refractivity contribution in [2.24, 2.45) is 0 Å². The molecule has 0 radical (unpaired) electrons. The Kier molecular flexibility index (Phi) is 5.41. The van der Waals surface area contributed by atoms with Crippen LogP contribution in [0.15, 0.2) is 12.7 Å². The lowest BCUT2D eigenvalue weighted by atomic mass is 10.2. The average molecular weight is 378 g/mol. The summed E-state index contributed by atoms with van der Waals surface area (Å²) in [4.78, 5) is 21.4. The third kappa shape index (κ3) is 3.23. The normalized spacial score (nSPS) is 28.6. The number of fused-ring (bicyclic) bond motifs is 1. The number of rotatable bonds is 5. The van der Waals surface area contributed by atoms with Crippen molar-refractivity contribution in [1.82, 2.24) is 25.7 Å². The van der Waals surface area contributed by atoms with Crippen LogP contribution in [0.4, 0.5) is 5.82 Å². The molecule has 0 bridgehead atoms. The van der Waals surface area contributed by atoms with E-state index in [9.17, 15) is 19.7 Å². The van der Waals surface area contributed by atoms with Gasteiger partial charge >= 0.3 is 7.60 Å². The fourth-order valence-corrected chi connectivity index (χ4v) is 2.79. The van der Waals surface area contributed by atoms with Crippen molar-refractivity contribution >= 4 is 24.6 Å². The lowest BCUT2D eigenvalue weighted by Gasteiger charge is -2.33. The first-order valence-electron chi connectivity index (χ1n) is 6.76. The van der Waals surface area contributed by atoms with Gasteiger partial charge in [-0.2, -0.15) is 0 Å². The SMILES string of the molecule is COP(=O)(O)CO[C@@]1(n2cnc3c(N)ncnc32)OC[C@@H](O)[C@H]1O.N. The van der Waals surface area contributed by atoms with Gasteiger partial charge in [0.2, 0.25) is 0 Å². The maximum atomic E-state index is 11.7. The molecule has 0 aliphatic carbocycles. The van der Waals surface area contributed by atoms with Gasteiger partial charge in [0.05, 0.1) is 6.61 Å². The van der Waals surface area contributed by atoms with E-state index in [-0.39, 0.29) is 29.7 Å².